The summed E-state index contributed by atoms with van der Waals surface area (Å²) in [6.07, 6.45) is 2.39. The minimum Gasteiger partial charge on any atom is -0.377 e. The second-order valence-corrected chi connectivity index (χ2v) is 6.16. The van der Waals surface area contributed by atoms with Crippen molar-refractivity contribution >= 4 is 5.91 Å². The Morgan fingerprint density at radius 2 is 2.00 bits per heavy atom. The zero-order valence-electron chi connectivity index (χ0n) is 14.5. The van der Waals surface area contributed by atoms with Gasteiger partial charge in [0, 0.05) is 43.0 Å². The summed E-state index contributed by atoms with van der Waals surface area (Å²) in [7, 11) is 0. The highest BCUT2D eigenvalue weighted by atomic mass is 16.5. The molecule has 1 aliphatic heterocycles. The van der Waals surface area contributed by atoms with Gasteiger partial charge in [-0.25, -0.2) is 0 Å². The van der Waals surface area contributed by atoms with Crippen molar-refractivity contribution in [1.82, 2.24) is 20.9 Å². The number of nitrogens with one attached hydrogen (secondary N) is 3. The summed E-state index contributed by atoms with van der Waals surface area (Å²) in [5.41, 5.74) is 0. The quantitative estimate of drug-likeness (QED) is 0.494. The second-order valence-electron chi connectivity index (χ2n) is 6.16. The molecule has 6 nitrogen and oxygen atoms in total. The van der Waals surface area contributed by atoms with Crippen LogP contribution in [0.2, 0.25) is 0 Å². The van der Waals surface area contributed by atoms with Gasteiger partial charge in [0.2, 0.25) is 5.91 Å². The van der Waals surface area contributed by atoms with E-state index in [0.717, 1.165) is 52.2 Å². The molecule has 1 amide bonds. The van der Waals surface area contributed by atoms with Crippen LogP contribution in [-0.4, -0.2) is 75.4 Å². The summed E-state index contributed by atoms with van der Waals surface area (Å²) < 4.78 is 5.88. The van der Waals surface area contributed by atoms with Crippen LogP contribution >= 0.6 is 0 Å². The van der Waals surface area contributed by atoms with Gasteiger partial charge < -0.3 is 20.7 Å². The number of nitrogens with zero attached hydrogens (tertiary/aromatic N) is 1. The molecule has 1 fully saturated rings. The molecule has 1 heterocycles. The number of likely N-dealkylation sites (tertiary alicyclic amines) is 1. The Bertz CT molecular complexity index is 305. The van der Waals surface area contributed by atoms with Gasteiger partial charge >= 0.3 is 0 Å². The Balaban J connectivity index is -0.00000161. The molecule has 0 bridgehead atoms. The fraction of sp³-hybridized carbons (Fsp3) is 0.938. The number of piperidine rings is 1. The summed E-state index contributed by atoms with van der Waals surface area (Å²) in [4.78, 5) is 14.0. The number of ether oxygens (including phenoxy) is 1. The monoisotopic (exact) mass is 320 g/mol. The number of hydrogen-bond donors (Lipinski definition) is 3. The molecule has 0 aromatic heterocycles. The lowest BCUT2D eigenvalue weighted by Crippen LogP contribution is -2.44. The number of carbonyl (C=O) groups is 1. The average molecular weight is 321 g/mol. The van der Waals surface area contributed by atoms with Crippen LogP contribution in [0, 0.1) is 0 Å². The Hall–Kier alpha value is -0.690. The summed E-state index contributed by atoms with van der Waals surface area (Å²) in [5, 5.41) is 9.50. The molecule has 1 saturated heterocycles. The topological polar surface area (TPSA) is 65.6 Å². The largest absolute Gasteiger partial charge is 0.377 e. The molecule has 0 atom stereocenters. The van der Waals surface area contributed by atoms with Gasteiger partial charge in [-0.05, 0) is 19.4 Å². The third-order valence-corrected chi connectivity index (χ3v) is 3.78. The summed E-state index contributed by atoms with van der Waals surface area (Å²) in [6.45, 7) is 12.9. The van der Waals surface area contributed by atoms with Crippen LogP contribution in [-0.2, 0) is 9.53 Å². The van der Waals surface area contributed by atoms with Crippen LogP contribution in [0.25, 0.3) is 0 Å². The number of likely N-dealkylation sites (N-methyl/N-ethyl adjacent to an activating group) is 1. The maximum absolute atomic E-state index is 11.8. The van der Waals surface area contributed by atoms with Crippen molar-refractivity contribution in [1.29, 1.82) is 0 Å². The number of hydrogen-bond acceptors (Lipinski definition) is 5. The highest BCUT2D eigenvalue weighted by Gasteiger charge is 2.20. The molecule has 0 aliphatic carbocycles. The first-order valence-electron chi connectivity index (χ1n) is 8.66. The first-order chi connectivity index (χ1) is 10.6. The molecular formula is C16H40N4O2. The van der Waals surface area contributed by atoms with Crippen molar-refractivity contribution in [3.63, 3.8) is 0 Å². The highest BCUT2D eigenvalue weighted by Crippen LogP contribution is 2.13. The summed E-state index contributed by atoms with van der Waals surface area (Å²) in [6, 6.07) is 0.511. The van der Waals surface area contributed by atoms with E-state index in [-0.39, 0.29) is 10.2 Å². The molecule has 0 saturated carbocycles. The zero-order chi connectivity index (χ0) is 16.2. The Morgan fingerprint density at radius 3 is 2.64 bits per heavy atom. The van der Waals surface area contributed by atoms with Crippen molar-refractivity contribution in [2.45, 2.75) is 45.8 Å². The highest BCUT2D eigenvalue weighted by molar-refractivity contribution is 5.78. The lowest BCUT2D eigenvalue weighted by molar-refractivity contribution is -0.122. The van der Waals surface area contributed by atoms with E-state index in [1.54, 1.807) is 0 Å². The molecule has 1 aliphatic rings. The molecule has 22 heavy (non-hydrogen) atoms. The smallest absolute Gasteiger partial charge is 0.234 e. The van der Waals surface area contributed by atoms with E-state index in [0.29, 0.717) is 25.2 Å². The fourth-order valence-corrected chi connectivity index (χ4v) is 2.53. The maximum Gasteiger partial charge on any atom is 0.234 e. The van der Waals surface area contributed by atoms with Gasteiger partial charge in [0.05, 0.1) is 19.3 Å². The van der Waals surface area contributed by atoms with Gasteiger partial charge in [-0.3, -0.25) is 9.69 Å². The second kappa shape index (κ2) is 11.8. The van der Waals surface area contributed by atoms with E-state index < -0.39 is 0 Å². The van der Waals surface area contributed by atoms with Crippen molar-refractivity contribution in [2.75, 3.05) is 52.4 Å². The van der Waals surface area contributed by atoms with Gasteiger partial charge in [-0.2, -0.15) is 0 Å². The van der Waals surface area contributed by atoms with E-state index in [1.807, 2.05) is 0 Å². The van der Waals surface area contributed by atoms with Crippen LogP contribution in [0.5, 0.6) is 0 Å². The third-order valence-electron chi connectivity index (χ3n) is 3.78. The molecule has 0 aromatic rings. The van der Waals surface area contributed by atoms with E-state index in [2.05, 4.69) is 41.6 Å². The summed E-state index contributed by atoms with van der Waals surface area (Å²) in [5.74, 6) is 0.124. The Morgan fingerprint density at radius 1 is 1.27 bits per heavy atom. The van der Waals surface area contributed by atoms with Crippen LogP contribution in [0.1, 0.15) is 37.9 Å². The molecule has 6 heteroatoms. The minimum absolute atomic E-state index is 0. The molecule has 0 spiro atoms. The number of rotatable bonds is 11. The first-order valence-corrected chi connectivity index (χ1v) is 8.66. The van der Waals surface area contributed by atoms with E-state index in [1.165, 1.54) is 0 Å². The summed E-state index contributed by atoms with van der Waals surface area (Å²) >= 11 is 0. The maximum atomic E-state index is 11.8. The van der Waals surface area contributed by atoms with Gasteiger partial charge in [0.1, 0.15) is 0 Å². The lowest BCUT2D eigenvalue weighted by atomic mass is 10.1. The van der Waals surface area contributed by atoms with Gasteiger partial charge in [-0.1, -0.05) is 20.8 Å². The minimum atomic E-state index is 0. The van der Waals surface area contributed by atoms with Crippen LogP contribution in [0.15, 0.2) is 0 Å². The normalized spacial score (nSPS) is 17.1. The van der Waals surface area contributed by atoms with E-state index in [9.17, 15) is 4.79 Å². The van der Waals surface area contributed by atoms with E-state index in [4.69, 9.17) is 4.74 Å². The van der Waals surface area contributed by atoms with Crippen LogP contribution in [0.4, 0.5) is 0 Å². The van der Waals surface area contributed by atoms with Crippen molar-refractivity contribution in [3.8, 4) is 0 Å². The van der Waals surface area contributed by atoms with Gasteiger partial charge in [-0.15, -0.1) is 0 Å². The molecule has 0 radical (unpaired) electrons. The SMILES string of the molecule is CCNCCNC(=O)CN1CCC(OCCNC(C)C)CC1.[HH].[HH].[HH]. The van der Waals surface area contributed by atoms with Crippen LogP contribution in [0.3, 0.4) is 0 Å². The molecule has 0 unspecified atom stereocenters. The van der Waals surface area contributed by atoms with Crippen molar-refractivity contribution in [2.24, 2.45) is 0 Å². The Labute approximate surface area is 139 Å². The molecule has 136 valence electrons. The van der Waals surface area contributed by atoms with Crippen LogP contribution < -0.4 is 16.0 Å². The van der Waals surface area contributed by atoms with Gasteiger partial charge in [0.15, 0.2) is 0 Å². The number of carbonyl (C=O) groups excluding carboxylic acids is 1. The average Bonchev–Trinajstić information content (AvgIpc) is 2.49. The molecular weight excluding hydrogens is 280 g/mol. The van der Waals surface area contributed by atoms with E-state index >= 15 is 0 Å². The predicted molar refractivity (Wildman–Crippen MR) is 96.4 cm³/mol. The zero-order valence-corrected chi connectivity index (χ0v) is 14.5. The fourth-order valence-electron chi connectivity index (χ4n) is 2.53. The van der Waals surface area contributed by atoms with Gasteiger partial charge in [0.25, 0.3) is 0 Å². The Kier molecular flexibility index (Phi) is 10.4. The predicted octanol–water partition coefficient (Wildman–Crippen LogP) is 0.929. The molecule has 1 rings (SSSR count). The number of amides is 1. The van der Waals surface area contributed by atoms with Crippen molar-refractivity contribution in [3.05, 3.63) is 0 Å². The standard InChI is InChI=1S/C16H34N4O2.3H2/c1-4-17-7-8-19-16(21)13-20-10-5-15(6-11-20)22-12-9-18-14(2)3;;;/h14-15,17-18H,4-13H2,1-3H3,(H,19,21);3*1H. The van der Waals surface area contributed by atoms with Crippen molar-refractivity contribution < 1.29 is 13.8 Å². The lowest BCUT2D eigenvalue weighted by Gasteiger charge is -2.31. The first kappa shape index (κ1) is 19.4. The molecule has 0 aromatic carbocycles. The third kappa shape index (κ3) is 9.35. The molecule has 3 N–H and O–H groups in total.